The first-order chi connectivity index (χ1) is 13.7. The molecule has 0 radical (unpaired) electrons. The summed E-state index contributed by atoms with van der Waals surface area (Å²) in [5.74, 6) is 1.57. The van der Waals surface area contributed by atoms with Gasteiger partial charge in [-0.15, -0.1) is 0 Å². The minimum absolute atomic E-state index is 0.310. The highest BCUT2D eigenvalue weighted by Gasteiger charge is 2.21. The van der Waals surface area contributed by atoms with Gasteiger partial charge >= 0.3 is 0 Å². The summed E-state index contributed by atoms with van der Waals surface area (Å²) >= 11 is 0. The third-order valence-electron chi connectivity index (χ3n) is 5.20. The van der Waals surface area contributed by atoms with E-state index in [1.807, 2.05) is 0 Å². The molecule has 164 valence electrons. The standard InChI is InChI=1S/C21H42N4O3/c1-4-22-21(23-8-6-11-27-17-20-7-5-12-28-20)24-16-19(15-18(2)3)25-9-13-26-14-10-25/h18-20H,4-17H2,1-3H3,(H2,22,23,24). The van der Waals surface area contributed by atoms with Crippen molar-refractivity contribution in [1.29, 1.82) is 0 Å². The van der Waals surface area contributed by atoms with Gasteiger partial charge in [0.1, 0.15) is 0 Å². The molecule has 0 bridgehead atoms. The normalized spacial score (nSPS) is 22.6. The van der Waals surface area contributed by atoms with Crippen LogP contribution in [-0.4, -0.2) is 88.8 Å². The van der Waals surface area contributed by atoms with Crippen LogP contribution >= 0.6 is 0 Å². The number of hydrogen-bond acceptors (Lipinski definition) is 5. The number of hydrogen-bond donors (Lipinski definition) is 2. The second-order valence-corrected chi connectivity index (χ2v) is 8.14. The van der Waals surface area contributed by atoms with Crippen LogP contribution in [0.2, 0.25) is 0 Å². The topological polar surface area (TPSA) is 67.4 Å². The fourth-order valence-electron chi connectivity index (χ4n) is 3.74. The van der Waals surface area contributed by atoms with E-state index in [1.165, 1.54) is 12.8 Å². The zero-order chi connectivity index (χ0) is 20.0. The Morgan fingerprint density at radius 3 is 2.71 bits per heavy atom. The molecular formula is C21H42N4O3. The van der Waals surface area contributed by atoms with E-state index in [-0.39, 0.29) is 0 Å². The van der Waals surface area contributed by atoms with Gasteiger partial charge in [0.25, 0.3) is 0 Å². The molecule has 28 heavy (non-hydrogen) atoms. The molecule has 2 heterocycles. The van der Waals surface area contributed by atoms with E-state index in [0.717, 1.165) is 84.6 Å². The largest absolute Gasteiger partial charge is 0.379 e. The van der Waals surface area contributed by atoms with Crippen molar-refractivity contribution in [2.45, 2.75) is 58.6 Å². The number of nitrogens with one attached hydrogen (secondary N) is 2. The zero-order valence-corrected chi connectivity index (χ0v) is 18.3. The lowest BCUT2D eigenvalue weighted by Crippen LogP contribution is -2.46. The maximum Gasteiger partial charge on any atom is 0.191 e. The highest BCUT2D eigenvalue weighted by Crippen LogP contribution is 2.14. The Kier molecular flexibility index (Phi) is 11.8. The van der Waals surface area contributed by atoms with Crippen LogP contribution in [0.1, 0.15) is 46.5 Å². The lowest BCUT2D eigenvalue weighted by atomic mass is 10.0. The van der Waals surface area contributed by atoms with Crippen LogP contribution in [0.25, 0.3) is 0 Å². The van der Waals surface area contributed by atoms with Gasteiger partial charge < -0.3 is 24.8 Å². The quantitative estimate of drug-likeness (QED) is 0.297. The summed E-state index contributed by atoms with van der Waals surface area (Å²) in [5.41, 5.74) is 0. The molecule has 0 amide bonds. The van der Waals surface area contributed by atoms with Crippen molar-refractivity contribution in [3.8, 4) is 0 Å². The molecule has 2 rings (SSSR count). The van der Waals surface area contributed by atoms with Gasteiger partial charge in [-0.05, 0) is 38.5 Å². The number of ether oxygens (including phenoxy) is 3. The van der Waals surface area contributed by atoms with Crippen molar-refractivity contribution in [3.63, 3.8) is 0 Å². The monoisotopic (exact) mass is 398 g/mol. The van der Waals surface area contributed by atoms with Gasteiger partial charge in [-0.25, -0.2) is 0 Å². The Labute approximate surface area is 171 Å². The van der Waals surface area contributed by atoms with Crippen molar-refractivity contribution in [3.05, 3.63) is 0 Å². The highest BCUT2D eigenvalue weighted by atomic mass is 16.5. The minimum Gasteiger partial charge on any atom is -0.379 e. The molecule has 7 nitrogen and oxygen atoms in total. The lowest BCUT2D eigenvalue weighted by Gasteiger charge is -2.34. The number of morpholine rings is 1. The van der Waals surface area contributed by atoms with E-state index in [2.05, 4.69) is 36.3 Å². The van der Waals surface area contributed by atoms with Crippen LogP contribution in [0.3, 0.4) is 0 Å². The van der Waals surface area contributed by atoms with Gasteiger partial charge in [-0.1, -0.05) is 13.8 Å². The van der Waals surface area contributed by atoms with Crippen LogP contribution < -0.4 is 10.6 Å². The minimum atomic E-state index is 0.310. The van der Waals surface area contributed by atoms with Crippen LogP contribution in [-0.2, 0) is 14.2 Å². The van der Waals surface area contributed by atoms with E-state index in [1.54, 1.807) is 0 Å². The summed E-state index contributed by atoms with van der Waals surface area (Å²) in [6.45, 7) is 15.3. The van der Waals surface area contributed by atoms with Crippen LogP contribution in [0, 0.1) is 5.92 Å². The van der Waals surface area contributed by atoms with Gasteiger partial charge in [0.05, 0.1) is 32.5 Å². The van der Waals surface area contributed by atoms with Crippen molar-refractivity contribution < 1.29 is 14.2 Å². The molecule has 0 spiro atoms. The molecule has 0 aliphatic carbocycles. The molecule has 2 fully saturated rings. The Morgan fingerprint density at radius 2 is 2.04 bits per heavy atom. The maximum absolute atomic E-state index is 5.74. The molecule has 2 aliphatic heterocycles. The molecule has 2 N–H and O–H groups in total. The fraction of sp³-hybridized carbons (Fsp3) is 0.952. The molecular weight excluding hydrogens is 356 g/mol. The van der Waals surface area contributed by atoms with Gasteiger partial charge in [0.15, 0.2) is 5.96 Å². The summed E-state index contributed by atoms with van der Waals surface area (Å²) in [5, 5.41) is 6.81. The molecule has 2 unspecified atom stereocenters. The van der Waals surface area contributed by atoms with Crippen molar-refractivity contribution in [1.82, 2.24) is 15.5 Å². The van der Waals surface area contributed by atoms with E-state index >= 15 is 0 Å². The van der Waals surface area contributed by atoms with Crippen molar-refractivity contribution >= 4 is 5.96 Å². The van der Waals surface area contributed by atoms with Crippen molar-refractivity contribution in [2.75, 3.05) is 65.8 Å². The zero-order valence-electron chi connectivity index (χ0n) is 18.3. The van der Waals surface area contributed by atoms with E-state index in [0.29, 0.717) is 18.1 Å². The fourth-order valence-corrected chi connectivity index (χ4v) is 3.74. The molecule has 2 saturated heterocycles. The average Bonchev–Trinajstić information content (AvgIpc) is 3.21. The second kappa shape index (κ2) is 14.1. The number of rotatable bonds is 12. The van der Waals surface area contributed by atoms with Gasteiger partial charge in [-0.3, -0.25) is 9.89 Å². The lowest BCUT2D eigenvalue weighted by molar-refractivity contribution is 0.0142. The van der Waals surface area contributed by atoms with E-state index in [9.17, 15) is 0 Å². The van der Waals surface area contributed by atoms with Gasteiger partial charge in [-0.2, -0.15) is 0 Å². The van der Waals surface area contributed by atoms with Gasteiger partial charge in [0.2, 0.25) is 0 Å². The predicted octanol–water partition coefficient (Wildman–Crippen LogP) is 1.87. The highest BCUT2D eigenvalue weighted by molar-refractivity contribution is 5.79. The van der Waals surface area contributed by atoms with Crippen LogP contribution in [0.5, 0.6) is 0 Å². The SMILES string of the molecule is CCNC(=NCC(CC(C)C)N1CCOCC1)NCCCOCC1CCCO1. The summed E-state index contributed by atoms with van der Waals surface area (Å²) in [6, 6.07) is 0.481. The second-order valence-electron chi connectivity index (χ2n) is 8.14. The van der Waals surface area contributed by atoms with E-state index < -0.39 is 0 Å². The maximum atomic E-state index is 5.74. The molecule has 0 aromatic heterocycles. The van der Waals surface area contributed by atoms with Crippen LogP contribution in [0.4, 0.5) is 0 Å². The number of nitrogens with zero attached hydrogens (tertiary/aromatic N) is 2. The Balaban J connectivity index is 1.70. The third-order valence-corrected chi connectivity index (χ3v) is 5.20. The molecule has 2 atom stereocenters. The molecule has 0 aromatic rings. The number of guanidine groups is 1. The first-order valence-corrected chi connectivity index (χ1v) is 11.2. The predicted molar refractivity (Wildman–Crippen MR) is 114 cm³/mol. The smallest absolute Gasteiger partial charge is 0.191 e. The average molecular weight is 399 g/mol. The van der Waals surface area contributed by atoms with Crippen LogP contribution in [0.15, 0.2) is 4.99 Å². The Bertz CT molecular complexity index is 422. The summed E-state index contributed by atoms with van der Waals surface area (Å²) in [6.07, 6.45) is 4.75. The summed E-state index contributed by atoms with van der Waals surface area (Å²) < 4.78 is 16.8. The molecule has 0 aromatic carbocycles. The molecule has 2 aliphatic rings. The molecule has 0 saturated carbocycles. The summed E-state index contributed by atoms with van der Waals surface area (Å²) in [4.78, 5) is 7.41. The first-order valence-electron chi connectivity index (χ1n) is 11.2. The van der Waals surface area contributed by atoms with Crippen molar-refractivity contribution in [2.24, 2.45) is 10.9 Å². The summed E-state index contributed by atoms with van der Waals surface area (Å²) in [7, 11) is 0. The third kappa shape index (κ3) is 9.54. The van der Waals surface area contributed by atoms with Gasteiger partial charge in [0, 0.05) is 45.4 Å². The molecule has 7 heteroatoms. The Hall–Kier alpha value is -0.890. The first kappa shape index (κ1) is 23.4. The Morgan fingerprint density at radius 1 is 1.21 bits per heavy atom. The van der Waals surface area contributed by atoms with E-state index in [4.69, 9.17) is 19.2 Å². The number of aliphatic imine (C=N–C) groups is 1.